The fourth-order valence-corrected chi connectivity index (χ4v) is 4.79. The van der Waals surface area contributed by atoms with Gasteiger partial charge in [-0.2, -0.15) is 0 Å². The fourth-order valence-electron chi connectivity index (χ4n) is 3.70. The van der Waals surface area contributed by atoms with E-state index in [-0.39, 0.29) is 10.2 Å². The van der Waals surface area contributed by atoms with Gasteiger partial charge in [-0.1, -0.05) is 6.07 Å². The zero-order chi connectivity index (χ0) is 19.4. The van der Waals surface area contributed by atoms with Crippen molar-refractivity contribution in [3.05, 3.63) is 47.4 Å². The molecule has 2 aromatic heterocycles. The zero-order valence-electron chi connectivity index (χ0n) is 15.0. The lowest BCUT2D eigenvalue weighted by Gasteiger charge is -2.28. The molecule has 0 unspecified atom stereocenters. The first-order valence-corrected chi connectivity index (χ1v) is 9.74. The van der Waals surface area contributed by atoms with Crippen molar-refractivity contribution in [3.63, 3.8) is 0 Å². The molecule has 1 aliphatic rings. The Labute approximate surface area is 162 Å². The number of morpholine rings is 1. The minimum Gasteiger partial charge on any atom is -0.378 e. The Morgan fingerprint density at radius 3 is 2.68 bits per heavy atom. The molecule has 8 heteroatoms. The van der Waals surface area contributed by atoms with E-state index in [9.17, 15) is 13.2 Å². The van der Waals surface area contributed by atoms with E-state index in [2.05, 4.69) is 20.9 Å². The normalized spacial score (nSPS) is 15.1. The summed E-state index contributed by atoms with van der Waals surface area (Å²) in [5.41, 5.74) is 3.37. The number of nitrogens with zero attached hydrogens (tertiary/aromatic N) is 2. The summed E-state index contributed by atoms with van der Waals surface area (Å²) in [6.07, 6.45) is 0. The lowest BCUT2D eigenvalue weighted by atomic mass is 10.1. The number of hydrogen-bond acceptors (Lipinski definition) is 4. The largest absolute Gasteiger partial charge is 0.378 e. The van der Waals surface area contributed by atoms with Gasteiger partial charge in [0.15, 0.2) is 11.6 Å². The highest BCUT2D eigenvalue weighted by Gasteiger charge is 2.21. The molecule has 28 heavy (non-hydrogen) atoms. The summed E-state index contributed by atoms with van der Waals surface area (Å²) in [5.74, 6) is -3.15. The summed E-state index contributed by atoms with van der Waals surface area (Å²) in [6, 6.07) is 6.64. The Bertz CT molecular complexity index is 1210. The van der Waals surface area contributed by atoms with E-state index >= 15 is 0 Å². The molecule has 5 rings (SSSR count). The minimum absolute atomic E-state index is 0.0209. The van der Waals surface area contributed by atoms with Gasteiger partial charge in [-0.05, 0) is 19.1 Å². The number of thiazole rings is 1. The second-order valence-corrected chi connectivity index (χ2v) is 7.80. The van der Waals surface area contributed by atoms with Gasteiger partial charge in [0.2, 0.25) is 0 Å². The number of H-pyrrole nitrogens is 1. The van der Waals surface area contributed by atoms with Crippen LogP contribution >= 0.6 is 11.3 Å². The Kier molecular flexibility index (Phi) is 4.06. The first-order valence-electron chi connectivity index (χ1n) is 8.92. The number of anilines is 1. The van der Waals surface area contributed by atoms with Crippen LogP contribution < -0.4 is 4.90 Å². The number of hydrogen-bond donors (Lipinski definition) is 1. The molecule has 144 valence electrons. The standard InChI is InChI=1S/C20H16F3N3OS/c1-10-16(20-25-18-17(23)13(21)9-14(22)19(18)28-20)12-3-2-11(8-15(12)24-10)26-4-6-27-7-5-26/h2-3,8-9,24H,4-7H2,1H3. The Hall–Kier alpha value is -2.58. The molecule has 0 bridgehead atoms. The van der Waals surface area contributed by atoms with E-state index in [0.29, 0.717) is 24.3 Å². The third-order valence-corrected chi connectivity index (χ3v) is 6.16. The number of halogens is 3. The van der Waals surface area contributed by atoms with Gasteiger partial charge in [-0.15, -0.1) is 11.3 Å². The minimum atomic E-state index is -1.23. The lowest BCUT2D eigenvalue weighted by Crippen LogP contribution is -2.36. The maximum Gasteiger partial charge on any atom is 0.186 e. The number of nitrogens with one attached hydrogen (secondary N) is 1. The van der Waals surface area contributed by atoms with E-state index in [4.69, 9.17) is 4.74 Å². The second kappa shape index (κ2) is 6.49. The van der Waals surface area contributed by atoms with Gasteiger partial charge >= 0.3 is 0 Å². The van der Waals surface area contributed by atoms with Gasteiger partial charge in [0, 0.05) is 47.0 Å². The first kappa shape index (κ1) is 17.5. The second-order valence-electron chi connectivity index (χ2n) is 6.81. The van der Waals surface area contributed by atoms with Crippen molar-refractivity contribution in [1.29, 1.82) is 0 Å². The van der Waals surface area contributed by atoms with Gasteiger partial charge in [0.05, 0.1) is 17.9 Å². The Morgan fingerprint density at radius 1 is 1.11 bits per heavy atom. The maximum atomic E-state index is 14.1. The molecule has 0 radical (unpaired) electrons. The highest BCUT2D eigenvalue weighted by molar-refractivity contribution is 7.21. The van der Waals surface area contributed by atoms with Crippen molar-refractivity contribution < 1.29 is 17.9 Å². The quantitative estimate of drug-likeness (QED) is 0.479. The summed E-state index contributed by atoms with van der Waals surface area (Å²) in [5, 5.41) is 1.37. The van der Waals surface area contributed by atoms with Crippen molar-refractivity contribution in [3.8, 4) is 10.6 Å². The van der Waals surface area contributed by atoms with Crippen molar-refractivity contribution in [2.45, 2.75) is 6.92 Å². The highest BCUT2D eigenvalue weighted by atomic mass is 32.1. The van der Waals surface area contributed by atoms with Crippen LogP contribution in [0.3, 0.4) is 0 Å². The van der Waals surface area contributed by atoms with Crippen LogP contribution in [0.1, 0.15) is 5.69 Å². The molecule has 1 N–H and O–H groups in total. The van der Waals surface area contributed by atoms with Crippen molar-refractivity contribution >= 4 is 38.1 Å². The average molecular weight is 403 g/mol. The number of aromatic nitrogens is 2. The molecule has 0 spiro atoms. The summed E-state index contributed by atoms with van der Waals surface area (Å²) < 4.78 is 47.1. The van der Waals surface area contributed by atoms with Gasteiger partial charge in [-0.3, -0.25) is 0 Å². The van der Waals surface area contributed by atoms with Gasteiger partial charge < -0.3 is 14.6 Å². The molecule has 2 aromatic carbocycles. The third-order valence-electron chi connectivity index (χ3n) is 5.07. The predicted molar refractivity (Wildman–Crippen MR) is 105 cm³/mol. The van der Waals surface area contributed by atoms with Crippen molar-refractivity contribution in [2.75, 3.05) is 31.2 Å². The van der Waals surface area contributed by atoms with Crippen LogP contribution in [0.2, 0.25) is 0 Å². The molecule has 0 atom stereocenters. The lowest BCUT2D eigenvalue weighted by molar-refractivity contribution is 0.122. The van der Waals surface area contributed by atoms with Crippen molar-refractivity contribution in [2.24, 2.45) is 0 Å². The Balaban J connectivity index is 1.65. The zero-order valence-corrected chi connectivity index (χ0v) is 15.8. The number of aromatic amines is 1. The number of rotatable bonds is 2. The number of aryl methyl sites for hydroxylation is 1. The Morgan fingerprint density at radius 2 is 1.89 bits per heavy atom. The van der Waals surface area contributed by atoms with Gasteiger partial charge in [0.25, 0.3) is 0 Å². The molecular formula is C20H16F3N3OS. The first-order chi connectivity index (χ1) is 13.5. The molecule has 4 aromatic rings. The molecule has 1 fully saturated rings. The maximum absolute atomic E-state index is 14.1. The van der Waals surface area contributed by atoms with E-state index in [1.54, 1.807) is 0 Å². The SMILES string of the molecule is Cc1[nH]c2cc(N3CCOCC3)ccc2c1-c1nc2c(F)c(F)cc(F)c2s1. The number of ether oxygens (including phenoxy) is 1. The van der Waals surface area contributed by atoms with Crippen LogP contribution in [0.5, 0.6) is 0 Å². The van der Waals surface area contributed by atoms with Gasteiger partial charge in [-0.25, -0.2) is 18.2 Å². The summed E-state index contributed by atoms with van der Waals surface area (Å²) in [7, 11) is 0. The van der Waals surface area contributed by atoms with E-state index in [0.717, 1.165) is 52.3 Å². The predicted octanol–water partition coefficient (Wildman–Crippen LogP) is 5.01. The molecule has 1 aliphatic heterocycles. The fraction of sp³-hybridized carbons (Fsp3) is 0.250. The topological polar surface area (TPSA) is 41.2 Å². The monoisotopic (exact) mass is 403 g/mol. The summed E-state index contributed by atoms with van der Waals surface area (Å²) in [6.45, 7) is 4.96. The molecular weight excluding hydrogens is 387 g/mol. The van der Waals surface area contributed by atoms with E-state index in [1.807, 2.05) is 19.1 Å². The van der Waals surface area contributed by atoms with E-state index in [1.165, 1.54) is 0 Å². The van der Waals surface area contributed by atoms with Crippen LogP contribution in [0.4, 0.5) is 18.9 Å². The van der Waals surface area contributed by atoms with Crippen LogP contribution in [0.15, 0.2) is 24.3 Å². The molecule has 0 aliphatic carbocycles. The highest BCUT2D eigenvalue weighted by Crippen LogP contribution is 2.39. The van der Waals surface area contributed by atoms with Crippen molar-refractivity contribution in [1.82, 2.24) is 9.97 Å². The van der Waals surface area contributed by atoms with Crippen LogP contribution in [0, 0.1) is 24.4 Å². The average Bonchev–Trinajstić information content (AvgIpc) is 3.27. The molecule has 0 saturated carbocycles. The molecule has 0 amide bonds. The summed E-state index contributed by atoms with van der Waals surface area (Å²) in [4.78, 5) is 9.81. The van der Waals surface area contributed by atoms with Crippen LogP contribution in [-0.4, -0.2) is 36.3 Å². The molecule has 4 nitrogen and oxygen atoms in total. The molecule has 1 saturated heterocycles. The third kappa shape index (κ3) is 2.67. The van der Waals surface area contributed by atoms with Crippen LogP contribution in [0.25, 0.3) is 31.7 Å². The number of fused-ring (bicyclic) bond motifs is 2. The smallest absolute Gasteiger partial charge is 0.186 e. The van der Waals surface area contributed by atoms with Gasteiger partial charge in [0.1, 0.15) is 16.3 Å². The number of benzene rings is 2. The van der Waals surface area contributed by atoms with E-state index < -0.39 is 17.5 Å². The molecule has 3 heterocycles. The van der Waals surface area contributed by atoms with Crippen LogP contribution in [-0.2, 0) is 4.74 Å². The summed E-state index contributed by atoms with van der Waals surface area (Å²) >= 11 is 1.03.